The van der Waals surface area contributed by atoms with E-state index in [2.05, 4.69) is 20.5 Å². The smallest absolute Gasteiger partial charge is 0.256 e. The number of pyridine rings is 1. The molecule has 1 aliphatic heterocycles. The SMILES string of the molecule is CCOc1ncccc1C(=O)NC[C@@H]1CC[C@H](CC(=O)NC)N1C. The number of rotatable bonds is 7. The van der Waals surface area contributed by atoms with E-state index in [0.29, 0.717) is 31.0 Å². The minimum Gasteiger partial charge on any atom is -0.477 e. The van der Waals surface area contributed by atoms with Crippen molar-refractivity contribution in [3.05, 3.63) is 23.9 Å². The molecule has 1 aromatic heterocycles. The Balaban J connectivity index is 1.89. The first-order chi connectivity index (χ1) is 11.6. The number of amides is 2. The second-order valence-electron chi connectivity index (χ2n) is 5.93. The molecule has 2 rings (SSSR count). The molecule has 0 saturated carbocycles. The van der Waals surface area contributed by atoms with Crippen molar-refractivity contribution in [2.45, 2.75) is 38.3 Å². The molecule has 2 heterocycles. The fourth-order valence-corrected chi connectivity index (χ4v) is 3.02. The van der Waals surface area contributed by atoms with Crippen LogP contribution in [0.2, 0.25) is 0 Å². The summed E-state index contributed by atoms with van der Waals surface area (Å²) in [5, 5.41) is 5.62. The summed E-state index contributed by atoms with van der Waals surface area (Å²) in [5.41, 5.74) is 0.446. The second-order valence-corrected chi connectivity index (χ2v) is 5.93. The van der Waals surface area contributed by atoms with Crippen molar-refractivity contribution in [1.82, 2.24) is 20.5 Å². The highest BCUT2D eigenvalue weighted by Gasteiger charge is 2.31. The Hall–Kier alpha value is -2.15. The Labute approximate surface area is 142 Å². The van der Waals surface area contributed by atoms with Crippen molar-refractivity contribution in [2.75, 3.05) is 27.2 Å². The predicted octanol–water partition coefficient (Wildman–Crippen LogP) is 0.809. The zero-order valence-corrected chi connectivity index (χ0v) is 14.5. The van der Waals surface area contributed by atoms with Gasteiger partial charge in [-0.15, -0.1) is 0 Å². The lowest BCUT2D eigenvalue weighted by Crippen LogP contribution is -2.42. The van der Waals surface area contributed by atoms with E-state index in [0.717, 1.165) is 12.8 Å². The minimum absolute atomic E-state index is 0.0493. The van der Waals surface area contributed by atoms with Gasteiger partial charge < -0.3 is 15.4 Å². The van der Waals surface area contributed by atoms with Gasteiger partial charge in [0.15, 0.2) is 0 Å². The average molecular weight is 334 g/mol. The van der Waals surface area contributed by atoms with Gasteiger partial charge in [-0.3, -0.25) is 14.5 Å². The van der Waals surface area contributed by atoms with Crippen LogP contribution in [0.25, 0.3) is 0 Å². The molecule has 0 bridgehead atoms. The zero-order chi connectivity index (χ0) is 17.5. The Bertz CT molecular complexity index is 579. The van der Waals surface area contributed by atoms with Crippen LogP contribution >= 0.6 is 0 Å². The van der Waals surface area contributed by atoms with E-state index in [-0.39, 0.29) is 23.9 Å². The van der Waals surface area contributed by atoms with Gasteiger partial charge in [-0.2, -0.15) is 0 Å². The third kappa shape index (κ3) is 4.44. The molecule has 0 radical (unpaired) electrons. The maximum atomic E-state index is 12.4. The van der Waals surface area contributed by atoms with Gasteiger partial charge >= 0.3 is 0 Å². The lowest BCUT2D eigenvalue weighted by molar-refractivity contribution is -0.121. The maximum absolute atomic E-state index is 12.4. The van der Waals surface area contributed by atoms with Gasteiger partial charge in [0.2, 0.25) is 11.8 Å². The molecule has 0 aromatic carbocycles. The summed E-state index contributed by atoms with van der Waals surface area (Å²) in [6.45, 7) is 2.86. The number of carbonyl (C=O) groups is 2. The minimum atomic E-state index is -0.185. The van der Waals surface area contributed by atoms with Crippen LogP contribution in [0.1, 0.15) is 36.5 Å². The third-order valence-electron chi connectivity index (χ3n) is 4.48. The molecular weight excluding hydrogens is 308 g/mol. The molecule has 2 atom stereocenters. The van der Waals surface area contributed by atoms with Crippen LogP contribution < -0.4 is 15.4 Å². The largest absolute Gasteiger partial charge is 0.477 e. The van der Waals surface area contributed by atoms with E-state index in [1.54, 1.807) is 25.4 Å². The van der Waals surface area contributed by atoms with E-state index in [9.17, 15) is 9.59 Å². The molecule has 24 heavy (non-hydrogen) atoms. The summed E-state index contributed by atoms with van der Waals surface area (Å²) in [6.07, 6.45) is 4.02. The van der Waals surface area contributed by atoms with E-state index < -0.39 is 0 Å². The monoisotopic (exact) mass is 334 g/mol. The number of likely N-dealkylation sites (tertiary alicyclic amines) is 1. The third-order valence-corrected chi connectivity index (χ3v) is 4.48. The zero-order valence-electron chi connectivity index (χ0n) is 14.5. The lowest BCUT2D eigenvalue weighted by Gasteiger charge is -2.25. The molecule has 0 unspecified atom stereocenters. The molecule has 1 saturated heterocycles. The topological polar surface area (TPSA) is 83.6 Å². The van der Waals surface area contributed by atoms with Crippen molar-refractivity contribution in [3.8, 4) is 5.88 Å². The Morgan fingerprint density at radius 1 is 1.38 bits per heavy atom. The van der Waals surface area contributed by atoms with Gasteiger partial charge in [-0.05, 0) is 38.9 Å². The van der Waals surface area contributed by atoms with Crippen molar-refractivity contribution in [2.24, 2.45) is 0 Å². The number of hydrogen-bond donors (Lipinski definition) is 2. The van der Waals surface area contributed by atoms with Crippen LogP contribution in [0.3, 0.4) is 0 Å². The second kappa shape index (κ2) is 8.63. The number of likely N-dealkylation sites (N-methyl/N-ethyl adjacent to an activating group) is 1. The van der Waals surface area contributed by atoms with E-state index in [1.165, 1.54) is 0 Å². The fraction of sp³-hybridized carbons (Fsp3) is 0.588. The van der Waals surface area contributed by atoms with Crippen LogP contribution in [0.15, 0.2) is 18.3 Å². The van der Waals surface area contributed by atoms with Crippen molar-refractivity contribution in [3.63, 3.8) is 0 Å². The van der Waals surface area contributed by atoms with E-state index in [4.69, 9.17) is 4.74 Å². The van der Waals surface area contributed by atoms with Crippen LogP contribution in [-0.4, -0.2) is 61.0 Å². The quantitative estimate of drug-likeness (QED) is 0.771. The molecular formula is C17H26N4O3. The molecule has 132 valence electrons. The number of hydrogen-bond acceptors (Lipinski definition) is 5. The molecule has 2 N–H and O–H groups in total. The van der Waals surface area contributed by atoms with E-state index >= 15 is 0 Å². The highest BCUT2D eigenvalue weighted by molar-refractivity contribution is 5.96. The van der Waals surface area contributed by atoms with Gasteiger partial charge in [0.25, 0.3) is 5.91 Å². The Morgan fingerprint density at radius 2 is 2.12 bits per heavy atom. The first-order valence-electron chi connectivity index (χ1n) is 8.35. The number of carbonyl (C=O) groups excluding carboxylic acids is 2. The number of aromatic nitrogens is 1. The molecule has 7 nitrogen and oxygen atoms in total. The first-order valence-corrected chi connectivity index (χ1v) is 8.35. The normalized spacial score (nSPS) is 20.6. The summed E-state index contributed by atoms with van der Waals surface area (Å²) in [5.74, 6) is 0.220. The lowest BCUT2D eigenvalue weighted by atomic mass is 10.1. The molecule has 0 spiro atoms. The first kappa shape index (κ1) is 18.2. The van der Waals surface area contributed by atoms with Crippen LogP contribution in [0, 0.1) is 0 Å². The molecule has 1 aliphatic rings. The molecule has 1 aromatic rings. The summed E-state index contributed by atoms with van der Waals surface area (Å²) in [7, 11) is 3.66. The standard InChI is InChI=1S/C17H26N4O3/c1-4-24-17-14(6-5-9-19-17)16(23)20-11-13-8-7-12(21(13)3)10-15(22)18-2/h5-6,9,12-13H,4,7-8,10-11H2,1-3H3,(H,18,22)(H,20,23)/t12-,13+/m1/s1. The fourth-order valence-electron chi connectivity index (χ4n) is 3.02. The van der Waals surface area contributed by atoms with Gasteiger partial charge in [0, 0.05) is 38.3 Å². The van der Waals surface area contributed by atoms with E-state index in [1.807, 2.05) is 14.0 Å². The van der Waals surface area contributed by atoms with Gasteiger partial charge in [0.1, 0.15) is 5.56 Å². The van der Waals surface area contributed by atoms with Crippen LogP contribution in [0.5, 0.6) is 5.88 Å². The molecule has 1 fully saturated rings. The summed E-state index contributed by atoms with van der Waals surface area (Å²) in [4.78, 5) is 30.2. The molecule has 7 heteroatoms. The predicted molar refractivity (Wildman–Crippen MR) is 91.0 cm³/mol. The Kier molecular flexibility index (Phi) is 6.54. The molecule has 2 amide bonds. The molecule has 0 aliphatic carbocycles. The van der Waals surface area contributed by atoms with Crippen LogP contribution in [0.4, 0.5) is 0 Å². The maximum Gasteiger partial charge on any atom is 0.256 e. The summed E-state index contributed by atoms with van der Waals surface area (Å²) in [6, 6.07) is 3.89. The van der Waals surface area contributed by atoms with Crippen molar-refractivity contribution >= 4 is 11.8 Å². The van der Waals surface area contributed by atoms with Gasteiger partial charge in [0.05, 0.1) is 6.61 Å². The van der Waals surface area contributed by atoms with Crippen molar-refractivity contribution in [1.29, 1.82) is 0 Å². The number of nitrogens with zero attached hydrogens (tertiary/aromatic N) is 2. The summed E-state index contributed by atoms with van der Waals surface area (Å²) < 4.78 is 5.40. The average Bonchev–Trinajstić information content (AvgIpc) is 2.93. The van der Waals surface area contributed by atoms with Crippen molar-refractivity contribution < 1.29 is 14.3 Å². The highest BCUT2D eigenvalue weighted by Crippen LogP contribution is 2.24. The van der Waals surface area contributed by atoms with Gasteiger partial charge in [-0.1, -0.05) is 0 Å². The van der Waals surface area contributed by atoms with Crippen LogP contribution in [-0.2, 0) is 4.79 Å². The highest BCUT2D eigenvalue weighted by atomic mass is 16.5. The summed E-state index contributed by atoms with van der Waals surface area (Å²) >= 11 is 0. The Morgan fingerprint density at radius 3 is 2.83 bits per heavy atom. The number of ether oxygens (including phenoxy) is 1. The number of nitrogens with one attached hydrogen (secondary N) is 2. The van der Waals surface area contributed by atoms with Gasteiger partial charge in [-0.25, -0.2) is 4.98 Å².